The van der Waals surface area contributed by atoms with E-state index in [-0.39, 0.29) is 23.3 Å². The van der Waals surface area contributed by atoms with Gasteiger partial charge < -0.3 is 15.6 Å². The number of halogens is 2. The molecule has 0 saturated heterocycles. The van der Waals surface area contributed by atoms with Crippen LogP contribution >= 0.6 is 27.5 Å². The minimum atomic E-state index is -0.290. The van der Waals surface area contributed by atoms with E-state index in [1.165, 1.54) is 4.57 Å². The van der Waals surface area contributed by atoms with Crippen LogP contribution in [0.2, 0.25) is 5.15 Å². The highest BCUT2D eigenvalue weighted by molar-refractivity contribution is 9.12. The third-order valence-electron chi connectivity index (χ3n) is 5.92. The molecule has 4 heterocycles. The van der Waals surface area contributed by atoms with Gasteiger partial charge in [0.2, 0.25) is 5.95 Å². The molecule has 0 spiro atoms. The van der Waals surface area contributed by atoms with Gasteiger partial charge in [-0.15, -0.1) is 0 Å². The van der Waals surface area contributed by atoms with Crippen molar-refractivity contribution < 1.29 is 5.21 Å². The molecule has 0 bridgehead atoms. The third-order valence-corrected chi connectivity index (χ3v) is 7.45. The van der Waals surface area contributed by atoms with Gasteiger partial charge in [-0.05, 0) is 50.1 Å². The molecular formula is C22H28BrClN8O2. The van der Waals surface area contributed by atoms with Crippen LogP contribution in [-0.2, 0) is 19.6 Å². The first kappa shape index (κ1) is 24.5. The molecule has 182 valence electrons. The van der Waals surface area contributed by atoms with Crippen molar-refractivity contribution in [1.82, 2.24) is 34.0 Å². The number of fused-ring (bicyclic) bond motifs is 1. The molecule has 34 heavy (non-hydrogen) atoms. The first-order chi connectivity index (χ1) is 16.3. The average molecular weight is 552 g/mol. The van der Waals surface area contributed by atoms with Gasteiger partial charge in [-0.3, -0.25) is 19.4 Å². The average Bonchev–Trinajstić information content (AvgIpc) is 3.39. The van der Waals surface area contributed by atoms with E-state index >= 15 is 0 Å². The summed E-state index contributed by atoms with van der Waals surface area (Å²) in [6, 6.07) is 4.01. The van der Waals surface area contributed by atoms with E-state index in [1.807, 2.05) is 38.4 Å². The molecule has 1 aliphatic rings. The summed E-state index contributed by atoms with van der Waals surface area (Å²) in [6.07, 6.45) is 5.04. The second-order valence-electron chi connectivity index (χ2n) is 8.31. The smallest absolute Gasteiger partial charge is 0.330 e. The Morgan fingerprint density at radius 2 is 1.91 bits per heavy atom. The van der Waals surface area contributed by atoms with Gasteiger partial charge in [-0.25, -0.2) is 4.79 Å². The standard InChI is InChI=1S/C22H28BrClN8O2/c1-14-12-32(34)16(15(2)17(14)23)13-31-20-18(19(24)27-21(25)28-20)30(22(31)33)11-7-26-6-5-10-29-8-3-4-9-29/h3-4,8-9,26,34H,5-7,10-13H2,1-2H3,(H2,25,27,28). The lowest BCUT2D eigenvalue weighted by Crippen LogP contribution is -2.33. The molecule has 12 heteroatoms. The van der Waals surface area contributed by atoms with Gasteiger partial charge in [-0.1, -0.05) is 27.5 Å². The van der Waals surface area contributed by atoms with E-state index in [4.69, 9.17) is 17.3 Å². The van der Waals surface area contributed by atoms with E-state index in [9.17, 15) is 10.0 Å². The molecule has 4 N–H and O–H groups in total. The highest BCUT2D eigenvalue weighted by Gasteiger charge is 2.25. The van der Waals surface area contributed by atoms with Crippen molar-refractivity contribution in [2.45, 2.75) is 39.9 Å². The molecule has 0 radical (unpaired) electrons. The van der Waals surface area contributed by atoms with Crippen LogP contribution in [0, 0.1) is 0 Å². The molecule has 3 aromatic heterocycles. The fourth-order valence-electron chi connectivity index (χ4n) is 4.14. The number of hydrogen-bond donors (Lipinski definition) is 3. The van der Waals surface area contributed by atoms with Crippen LogP contribution in [0.15, 0.2) is 50.6 Å². The fraction of sp³-hybridized carbons (Fsp3) is 0.409. The van der Waals surface area contributed by atoms with Crippen LogP contribution in [-0.4, -0.2) is 53.6 Å². The van der Waals surface area contributed by atoms with Crippen LogP contribution in [0.4, 0.5) is 5.95 Å². The Labute approximate surface area is 210 Å². The lowest BCUT2D eigenvalue weighted by Gasteiger charge is -2.28. The van der Waals surface area contributed by atoms with Crippen molar-refractivity contribution in [3.63, 3.8) is 0 Å². The highest BCUT2D eigenvalue weighted by Crippen LogP contribution is 2.31. The van der Waals surface area contributed by atoms with Crippen LogP contribution < -0.4 is 16.7 Å². The van der Waals surface area contributed by atoms with E-state index in [1.54, 1.807) is 4.57 Å². The van der Waals surface area contributed by atoms with Gasteiger partial charge >= 0.3 is 5.69 Å². The topological polar surface area (TPSA) is 119 Å². The van der Waals surface area contributed by atoms with E-state index in [0.717, 1.165) is 40.2 Å². The number of allylic oxidation sites excluding steroid dienone is 3. The number of hydroxylamine groups is 2. The van der Waals surface area contributed by atoms with Crippen LogP contribution in [0.1, 0.15) is 20.3 Å². The van der Waals surface area contributed by atoms with Crippen molar-refractivity contribution in [2.24, 2.45) is 0 Å². The SMILES string of the molecule is CC1=C(Br)C(C)=C(Cn2c(=O)n(CCNCCCn3cccc3)c3c(Cl)nc(N)nc32)N(O)C1. The van der Waals surface area contributed by atoms with Crippen molar-refractivity contribution >= 4 is 44.6 Å². The quantitative estimate of drug-likeness (QED) is 0.276. The number of nitrogens with zero attached hydrogens (tertiary/aromatic N) is 6. The highest BCUT2D eigenvalue weighted by atomic mass is 79.9. The zero-order valence-electron chi connectivity index (χ0n) is 19.1. The van der Waals surface area contributed by atoms with Crippen LogP contribution in [0.3, 0.4) is 0 Å². The summed E-state index contributed by atoms with van der Waals surface area (Å²) in [5.74, 6) is -0.0151. The van der Waals surface area contributed by atoms with E-state index < -0.39 is 0 Å². The normalized spacial score (nSPS) is 14.7. The Kier molecular flexibility index (Phi) is 7.46. The second kappa shape index (κ2) is 10.3. The summed E-state index contributed by atoms with van der Waals surface area (Å²) in [7, 11) is 0. The summed E-state index contributed by atoms with van der Waals surface area (Å²) >= 11 is 9.98. The number of nitrogen functional groups attached to an aromatic ring is 1. The number of rotatable bonds is 9. The monoisotopic (exact) mass is 550 g/mol. The Bertz CT molecular complexity index is 1310. The van der Waals surface area contributed by atoms with Crippen molar-refractivity contribution in [2.75, 3.05) is 25.4 Å². The molecule has 10 nitrogen and oxygen atoms in total. The van der Waals surface area contributed by atoms with Crippen molar-refractivity contribution in [3.05, 3.63) is 61.5 Å². The zero-order chi connectivity index (χ0) is 24.4. The predicted molar refractivity (Wildman–Crippen MR) is 136 cm³/mol. The Morgan fingerprint density at radius 3 is 2.65 bits per heavy atom. The Hall–Kier alpha value is -2.60. The van der Waals surface area contributed by atoms with Gasteiger partial charge in [0.25, 0.3) is 0 Å². The zero-order valence-corrected chi connectivity index (χ0v) is 21.5. The number of aryl methyl sites for hydroxylation is 1. The number of hydrogen-bond acceptors (Lipinski definition) is 7. The lowest BCUT2D eigenvalue weighted by atomic mass is 10.1. The van der Waals surface area contributed by atoms with Crippen LogP contribution in [0.25, 0.3) is 11.2 Å². The molecular weight excluding hydrogens is 524 g/mol. The molecule has 4 rings (SSSR count). The summed E-state index contributed by atoms with van der Waals surface area (Å²) in [4.78, 5) is 21.8. The van der Waals surface area contributed by atoms with Gasteiger partial charge in [0.15, 0.2) is 10.8 Å². The third kappa shape index (κ3) is 4.92. The number of imidazole rings is 1. The fourth-order valence-corrected chi connectivity index (χ4v) is 4.76. The number of anilines is 1. The maximum Gasteiger partial charge on any atom is 0.330 e. The molecule has 0 unspecified atom stereocenters. The van der Waals surface area contributed by atoms with Gasteiger partial charge in [0.05, 0.1) is 18.8 Å². The van der Waals surface area contributed by atoms with E-state index in [0.29, 0.717) is 36.5 Å². The molecule has 0 atom stereocenters. The molecule has 0 saturated carbocycles. The maximum absolute atomic E-state index is 13.4. The number of nitrogens with one attached hydrogen (secondary N) is 1. The first-order valence-electron chi connectivity index (χ1n) is 11.0. The molecule has 1 aliphatic heterocycles. The summed E-state index contributed by atoms with van der Waals surface area (Å²) in [5, 5.41) is 15.2. The molecule has 3 aromatic rings. The maximum atomic E-state index is 13.4. The Morgan fingerprint density at radius 1 is 1.18 bits per heavy atom. The minimum absolute atomic E-state index is 0.0151. The summed E-state index contributed by atoms with van der Waals surface area (Å²) in [5.41, 5.74) is 8.76. The summed E-state index contributed by atoms with van der Waals surface area (Å²) in [6.45, 7) is 6.99. The van der Waals surface area contributed by atoms with Gasteiger partial charge in [0, 0.05) is 36.5 Å². The van der Waals surface area contributed by atoms with E-state index in [2.05, 4.69) is 35.8 Å². The molecule has 0 amide bonds. The van der Waals surface area contributed by atoms with Crippen LogP contribution in [0.5, 0.6) is 0 Å². The number of aromatic nitrogens is 5. The minimum Gasteiger partial charge on any atom is -0.368 e. The summed E-state index contributed by atoms with van der Waals surface area (Å²) < 4.78 is 6.09. The largest absolute Gasteiger partial charge is 0.368 e. The molecule has 0 aliphatic carbocycles. The molecule has 0 aromatic carbocycles. The predicted octanol–water partition coefficient (Wildman–Crippen LogP) is 2.96. The molecule has 0 fully saturated rings. The first-order valence-corrected chi connectivity index (χ1v) is 12.2. The van der Waals surface area contributed by atoms with Crippen molar-refractivity contribution in [3.8, 4) is 0 Å². The number of nitrogens with two attached hydrogens (primary N) is 1. The Balaban J connectivity index is 1.57. The van der Waals surface area contributed by atoms with Gasteiger partial charge in [-0.2, -0.15) is 9.97 Å². The lowest BCUT2D eigenvalue weighted by molar-refractivity contribution is -0.0535. The second-order valence-corrected chi connectivity index (χ2v) is 9.46. The van der Waals surface area contributed by atoms with Gasteiger partial charge in [0.1, 0.15) is 5.52 Å². The van der Waals surface area contributed by atoms with Crippen molar-refractivity contribution in [1.29, 1.82) is 0 Å².